The molecule has 1 heterocycles. The van der Waals surface area contributed by atoms with Crippen molar-refractivity contribution in [3.63, 3.8) is 0 Å². The van der Waals surface area contributed by atoms with Crippen LogP contribution in [-0.4, -0.2) is 48.1 Å². The number of carbonyl (C=O) groups is 1. The van der Waals surface area contributed by atoms with Gasteiger partial charge in [-0.15, -0.1) is 0 Å². The molecule has 7 rings (SSSR count). The van der Waals surface area contributed by atoms with E-state index in [9.17, 15) is 4.79 Å². The van der Waals surface area contributed by atoms with Gasteiger partial charge in [-0.2, -0.15) is 0 Å². The molecule has 2 aromatic carbocycles. The van der Waals surface area contributed by atoms with E-state index in [-0.39, 0.29) is 18.1 Å². The first-order chi connectivity index (χ1) is 16.7. The number of hydrogen-bond acceptors (Lipinski definition) is 3. The fourth-order valence-electron chi connectivity index (χ4n) is 7.75. The van der Waals surface area contributed by atoms with Gasteiger partial charge in [0, 0.05) is 38.3 Å². The van der Waals surface area contributed by atoms with Gasteiger partial charge < -0.3 is 16.0 Å². The lowest BCUT2D eigenvalue weighted by Crippen LogP contribution is -2.60. The number of nitrogens with two attached hydrogens (primary N) is 1. The van der Waals surface area contributed by atoms with Crippen molar-refractivity contribution in [2.45, 2.75) is 50.2 Å². The Balaban J connectivity index is 1.11. The molecule has 5 heteroatoms. The highest BCUT2D eigenvalue weighted by atomic mass is 16.2. The molecule has 180 valence electrons. The zero-order chi connectivity index (χ0) is 23.1. The number of carbonyl (C=O) groups excluding carboxylic acids is 1. The smallest absolute Gasteiger partial charge is 0.317 e. The lowest BCUT2D eigenvalue weighted by Gasteiger charge is -2.54. The summed E-state index contributed by atoms with van der Waals surface area (Å²) in [7, 11) is 0. The third-order valence-electron chi connectivity index (χ3n) is 9.18. The molecule has 3 N–H and O–H groups in total. The average Bonchev–Trinajstić information content (AvgIpc) is 2.87. The van der Waals surface area contributed by atoms with Crippen molar-refractivity contribution in [2.24, 2.45) is 29.4 Å². The summed E-state index contributed by atoms with van der Waals surface area (Å²) < 4.78 is 0. The lowest BCUT2D eigenvalue weighted by atomic mass is 9.54. The Kier molecular flexibility index (Phi) is 6.08. The summed E-state index contributed by atoms with van der Waals surface area (Å²) in [5.74, 6) is 3.30. The van der Waals surface area contributed by atoms with Crippen molar-refractivity contribution in [3.05, 3.63) is 71.8 Å². The van der Waals surface area contributed by atoms with Gasteiger partial charge in [0.25, 0.3) is 0 Å². The van der Waals surface area contributed by atoms with Crippen LogP contribution in [0, 0.1) is 23.7 Å². The number of amides is 2. The second kappa shape index (κ2) is 9.35. The molecule has 2 aromatic rings. The van der Waals surface area contributed by atoms with Crippen LogP contribution < -0.4 is 11.1 Å². The van der Waals surface area contributed by atoms with Crippen molar-refractivity contribution < 1.29 is 4.79 Å². The fraction of sp³-hybridized carbons (Fsp3) is 0.552. The van der Waals surface area contributed by atoms with E-state index in [0.717, 1.165) is 43.6 Å². The highest BCUT2D eigenvalue weighted by Crippen LogP contribution is 2.53. The Morgan fingerprint density at radius 3 is 1.85 bits per heavy atom. The van der Waals surface area contributed by atoms with Crippen LogP contribution in [0.2, 0.25) is 0 Å². The van der Waals surface area contributed by atoms with Gasteiger partial charge in [0.15, 0.2) is 0 Å². The average molecular weight is 459 g/mol. The lowest BCUT2D eigenvalue weighted by molar-refractivity contribution is -0.0119. The second-order valence-electron chi connectivity index (χ2n) is 11.2. The molecule has 5 nitrogen and oxygen atoms in total. The largest absolute Gasteiger partial charge is 0.335 e. The van der Waals surface area contributed by atoms with E-state index in [0.29, 0.717) is 17.9 Å². The van der Waals surface area contributed by atoms with Gasteiger partial charge in [-0.25, -0.2) is 4.79 Å². The van der Waals surface area contributed by atoms with Crippen LogP contribution in [0.1, 0.15) is 55.3 Å². The molecule has 4 saturated carbocycles. The number of nitrogens with zero attached hydrogens (tertiary/aromatic N) is 2. The molecular formula is C29H38N4O. The second-order valence-corrected chi connectivity index (χ2v) is 11.2. The Bertz CT molecular complexity index is 944. The normalized spacial score (nSPS) is 32.4. The van der Waals surface area contributed by atoms with Gasteiger partial charge in [0.2, 0.25) is 0 Å². The van der Waals surface area contributed by atoms with Crippen LogP contribution in [-0.2, 0) is 0 Å². The third-order valence-corrected chi connectivity index (χ3v) is 9.18. The first-order valence-corrected chi connectivity index (χ1v) is 13.3. The van der Waals surface area contributed by atoms with E-state index in [2.05, 4.69) is 64.8 Å². The van der Waals surface area contributed by atoms with Crippen LogP contribution in [0.3, 0.4) is 0 Å². The topological polar surface area (TPSA) is 61.6 Å². The summed E-state index contributed by atoms with van der Waals surface area (Å²) in [4.78, 5) is 17.8. The maximum atomic E-state index is 13.3. The molecule has 2 amide bonds. The van der Waals surface area contributed by atoms with Gasteiger partial charge >= 0.3 is 6.03 Å². The Morgan fingerprint density at radius 1 is 0.765 bits per heavy atom. The zero-order valence-corrected chi connectivity index (χ0v) is 20.1. The van der Waals surface area contributed by atoms with Crippen LogP contribution in [0.5, 0.6) is 0 Å². The summed E-state index contributed by atoms with van der Waals surface area (Å²) in [6.45, 7) is 3.19. The summed E-state index contributed by atoms with van der Waals surface area (Å²) in [6, 6.07) is 21.5. The highest BCUT2D eigenvalue weighted by Gasteiger charge is 2.49. The van der Waals surface area contributed by atoms with Gasteiger partial charge in [0.1, 0.15) is 0 Å². The minimum atomic E-state index is -0.114. The fourth-order valence-corrected chi connectivity index (χ4v) is 7.75. The van der Waals surface area contributed by atoms with Gasteiger partial charge in [0.05, 0.1) is 6.04 Å². The van der Waals surface area contributed by atoms with E-state index < -0.39 is 0 Å². The Labute approximate surface area is 203 Å². The third kappa shape index (κ3) is 4.25. The van der Waals surface area contributed by atoms with E-state index >= 15 is 0 Å². The molecule has 34 heavy (non-hydrogen) atoms. The van der Waals surface area contributed by atoms with Gasteiger partial charge in [-0.3, -0.25) is 4.90 Å². The standard InChI is InChI=1S/C29H38N4O/c30-26(22-7-3-1-4-8-22)28(23-9-5-2-6-10-23)32-11-13-33(14-12-32)29(34)31-27-24-16-20-15-21(18-24)19-25(27)17-20/h1-10,20-21,24-28H,11-19,30H2,(H,31,34)/t20?,21?,24?,25?,26-,27?,28+/m0/s1. The molecule has 4 bridgehead atoms. The first-order valence-electron chi connectivity index (χ1n) is 13.3. The van der Waals surface area contributed by atoms with E-state index in [1.165, 1.54) is 37.7 Å². The number of hydrogen-bond donors (Lipinski definition) is 2. The number of nitrogens with one attached hydrogen (secondary N) is 1. The van der Waals surface area contributed by atoms with E-state index in [1.807, 2.05) is 11.0 Å². The number of benzene rings is 2. The minimum Gasteiger partial charge on any atom is -0.335 e. The summed E-state index contributed by atoms with van der Waals surface area (Å²) in [5, 5.41) is 3.50. The van der Waals surface area contributed by atoms with Crippen LogP contribution in [0.15, 0.2) is 60.7 Å². The Morgan fingerprint density at radius 2 is 1.29 bits per heavy atom. The molecule has 4 aliphatic carbocycles. The maximum Gasteiger partial charge on any atom is 0.317 e. The Hall–Kier alpha value is -2.37. The summed E-state index contributed by atoms with van der Waals surface area (Å²) >= 11 is 0. The summed E-state index contributed by atoms with van der Waals surface area (Å²) in [6.07, 6.45) is 6.79. The first kappa shape index (κ1) is 22.1. The van der Waals surface area contributed by atoms with Crippen LogP contribution >= 0.6 is 0 Å². The molecule has 0 aromatic heterocycles. The van der Waals surface area contributed by atoms with E-state index in [4.69, 9.17) is 5.73 Å². The summed E-state index contributed by atoms with van der Waals surface area (Å²) in [5.41, 5.74) is 9.25. The molecule has 0 spiro atoms. The minimum absolute atomic E-state index is 0.0956. The number of urea groups is 1. The van der Waals surface area contributed by atoms with Crippen molar-refractivity contribution in [2.75, 3.05) is 26.2 Å². The predicted molar refractivity (Wildman–Crippen MR) is 135 cm³/mol. The van der Waals surface area contributed by atoms with Gasteiger partial charge in [-0.1, -0.05) is 60.7 Å². The predicted octanol–water partition coefficient (Wildman–Crippen LogP) is 4.58. The van der Waals surface area contributed by atoms with Crippen molar-refractivity contribution in [1.29, 1.82) is 0 Å². The molecule has 5 fully saturated rings. The number of rotatable bonds is 5. The molecule has 1 saturated heterocycles. The molecule has 0 unspecified atom stereocenters. The van der Waals surface area contributed by atoms with Crippen molar-refractivity contribution in [3.8, 4) is 0 Å². The maximum absolute atomic E-state index is 13.3. The zero-order valence-electron chi connectivity index (χ0n) is 20.1. The van der Waals surface area contributed by atoms with Crippen LogP contribution in [0.25, 0.3) is 0 Å². The molecular weight excluding hydrogens is 420 g/mol. The number of piperazine rings is 1. The molecule has 0 radical (unpaired) electrons. The van der Waals surface area contributed by atoms with Crippen molar-refractivity contribution >= 4 is 6.03 Å². The molecule has 2 atom stereocenters. The van der Waals surface area contributed by atoms with Crippen LogP contribution in [0.4, 0.5) is 4.79 Å². The molecule has 1 aliphatic heterocycles. The molecule has 5 aliphatic rings. The highest BCUT2D eigenvalue weighted by molar-refractivity contribution is 5.74. The van der Waals surface area contributed by atoms with Gasteiger partial charge in [-0.05, 0) is 66.9 Å². The quantitative estimate of drug-likeness (QED) is 0.689. The monoisotopic (exact) mass is 458 g/mol. The van der Waals surface area contributed by atoms with E-state index in [1.54, 1.807) is 0 Å². The van der Waals surface area contributed by atoms with Crippen molar-refractivity contribution in [1.82, 2.24) is 15.1 Å². The SMILES string of the molecule is N[C@@H](c1ccccc1)[C@@H](c1ccccc1)N1CCN(C(=O)NC2C3CC4CC(C3)CC2C4)CC1.